The van der Waals surface area contributed by atoms with Crippen molar-refractivity contribution in [3.8, 4) is 11.8 Å². The molecule has 1 amide bonds. The summed E-state index contributed by atoms with van der Waals surface area (Å²) in [7, 11) is 0. The predicted molar refractivity (Wildman–Crippen MR) is 86.3 cm³/mol. The summed E-state index contributed by atoms with van der Waals surface area (Å²) in [5.41, 5.74) is 1.51. The summed E-state index contributed by atoms with van der Waals surface area (Å²) in [6.45, 7) is 3.74. The lowest BCUT2D eigenvalue weighted by atomic mass is 10.1. The lowest BCUT2D eigenvalue weighted by Gasteiger charge is -2.26. The lowest BCUT2D eigenvalue weighted by Crippen LogP contribution is -2.39. The van der Waals surface area contributed by atoms with E-state index in [9.17, 15) is 4.79 Å². The summed E-state index contributed by atoms with van der Waals surface area (Å²) < 4.78 is 5.20. The highest BCUT2D eigenvalue weighted by molar-refractivity contribution is 5.86. The largest absolute Gasteiger partial charge is 0.449 e. The van der Waals surface area contributed by atoms with Crippen molar-refractivity contribution in [3.63, 3.8) is 0 Å². The van der Waals surface area contributed by atoms with Crippen molar-refractivity contribution in [2.45, 2.75) is 32.6 Å². The summed E-state index contributed by atoms with van der Waals surface area (Å²) in [6, 6.07) is 8.84. The van der Waals surface area contributed by atoms with Crippen molar-refractivity contribution in [1.29, 1.82) is 5.26 Å². The van der Waals surface area contributed by atoms with Crippen LogP contribution in [0.4, 0.5) is 4.79 Å². The van der Waals surface area contributed by atoms with Gasteiger partial charge in [-0.05, 0) is 30.7 Å². The summed E-state index contributed by atoms with van der Waals surface area (Å²) in [5, 5.41) is 12.9. The Bertz CT molecular complexity index is 580. The fraction of sp³-hybridized carbons (Fsp3) is 0.471. The Morgan fingerprint density at radius 3 is 2.61 bits per heavy atom. The van der Waals surface area contributed by atoms with Crippen LogP contribution >= 0.6 is 0 Å². The van der Waals surface area contributed by atoms with Crippen LogP contribution in [0.1, 0.15) is 38.2 Å². The third-order valence-electron chi connectivity index (χ3n) is 3.59. The fourth-order valence-corrected chi connectivity index (χ4v) is 2.14. The molecule has 23 heavy (non-hydrogen) atoms. The molecule has 0 saturated carbocycles. The van der Waals surface area contributed by atoms with Gasteiger partial charge in [0.2, 0.25) is 0 Å². The molecular weight excluding hydrogens is 294 g/mol. The Kier molecular flexibility index (Phi) is 6.42. The topological polar surface area (TPSA) is 74.9 Å². The number of carbonyl (C=O) groups is 1. The molecule has 0 atom stereocenters. The predicted octanol–water partition coefficient (Wildman–Crippen LogP) is 3.33. The van der Waals surface area contributed by atoms with E-state index in [1.807, 2.05) is 0 Å². The van der Waals surface area contributed by atoms with Crippen LogP contribution in [0.15, 0.2) is 29.4 Å². The van der Waals surface area contributed by atoms with Crippen molar-refractivity contribution in [3.05, 3.63) is 29.8 Å². The van der Waals surface area contributed by atoms with Crippen LogP contribution in [0.2, 0.25) is 0 Å². The number of likely N-dealkylation sites (tertiary alicyclic amines) is 1. The number of piperidine rings is 1. The van der Waals surface area contributed by atoms with Gasteiger partial charge in [-0.2, -0.15) is 5.26 Å². The molecule has 1 fully saturated rings. The quantitative estimate of drug-likeness (QED) is 0.617. The van der Waals surface area contributed by atoms with E-state index in [0.717, 1.165) is 18.6 Å². The highest BCUT2D eigenvalue weighted by Crippen LogP contribution is 2.14. The van der Waals surface area contributed by atoms with Gasteiger partial charge in [0, 0.05) is 25.9 Å². The van der Waals surface area contributed by atoms with Gasteiger partial charge in [0.25, 0.3) is 0 Å². The smallest absolute Gasteiger partial charge is 0.409 e. The first kappa shape index (κ1) is 16.8. The molecule has 6 heteroatoms. The maximum atomic E-state index is 11.8. The van der Waals surface area contributed by atoms with E-state index in [1.54, 1.807) is 29.2 Å². The molecule has 122 valence electrons. The van der Waals surface area contributed by atoms with Crippen LogP contribution in [-0.2, 0) is 4.74 Å². The monoisotopic (exact) mass is 315 g/mol. The third-order valence-corrected chi connectivity index (χ3v) is 3.59. The molecule has 6 nitrogen and oxygen atoms in total. The van der Waals surface area contributed by atoms with Gasteiger partial charge in [0.1, 0.15) is 0 Å². The molecule has 0 aliphatic carbocycles. The number of oxime groups is 1. The molecule has 0 bridgehead atoms. The second kappa shape index (κ2) is 8.79. The molecule has 0 N–H and O–H groups in total. The lowest BCUT2D eigenvalue weighted by molar-refractivity contribution is 0.101. The Morgan fingerprint density at radius 1 is 1.30 bits per heavy atom. The molecule has 2 rings (SSSR count). The van der Waals surface area contributed by atoms with E-state index in [2.05, 4.69) is 18.1 Å². The van der Waals surface area contributed by atoms with Gasteiger partial charge in [-0.1, -0.05) is 18.5 Å². The van der Waals surface area contributed by atoms with Gasteiger partial charge in [-0.15, -0.1) is 0 Å². The van der Waals surface area contributed by atoms with E-state index < -0.39 is 0 Å². The summed E-state index contributed by atoms with van der Waals surface area (Å²) in [6.07, 6.45) is 3.02. The number of carbonyl (C=O) groups excluding carboxylic acids is 1. The molecule has 1 aliphatic heterocycles. The van der Waals surface area contributed by atoms with Gasteiger partial charge in [-0.3, -0.25) is 0 Å². The molecule has 0 aromatic heterocycles. The molecule has 0 spiro atoms. The number of amides is 1. The van der Waals surface area contributed by atoms with Gasteiger partial charge in [0.15, 0.2) is 5.75 Å². The first-order chi connectivity index (χ1) is 11.2. The van der Waals surface area contributed by atoms with E-state index in [0.29, 0.717) is 43.9 Å². The minimum absolute atomic E-state index is 0.245. The second-order valence-electron chi connectivity index (χ2n) is 5.34. The number of rotatable bonds is 5. The molecule has 1 aromatic rings. The van der Waals surface area contributed by atoms with Crippen molar-refractivity contribution in [1.82, 2.24) is 4.90 Å². The Balaban J connectivity index is 1.77. The first-order valence-electron chi connectivity index (χ1n) is 7.87. The van der Waals surface area contributed by atoms with Crippen LogP contribution in [-0.4, -0.2) is 36.4 Å². The van der Waals surface area contributed by atoms with Crippen molar-refractivity contribution in [2.24, 2.45) is 5.16 Å². The Morgan fingerprint density at radius 2 is 2.00 bits per heavy atom. The number of hydrogen-bond donors (Lipinski definition) is 0. The highest BCUT2D eigenvalue weighted by atomic mass is 16.6. The zero-order valence-electron chi connectivity index (χ0n) is 13.3. The standard InChI is InChI=1S/C17H21N3O3/c1-2-3-12-22-17(21)20-10-8-15(9-11-20)19-23-16-6-4-14(13-18)5-7-16/h4-7H,2-3,8-12H2,1H3. The average Bonchev–Trinajstić information content (AvgIpc) is 2.61. The minimum atomic E-state index is -0.245. The molecule has 0 radical (unpaired) electrons. The minimum Gasteiger partial charge on any atom is -0.449 e. The van der Waals surface area contributed by atoms with E-state index >= 15 is 0 Å². The highest BCUT2D eigenvalue weighted by Gasteiger charge is 2.21. The van der Waals surface area contributed by atoms with Crippen LogP contribution in [0.25, 0.3) is 0 Å². The van der Waals surface area contributed by atoms with Gasteiger partial charge in [0.05, 0.1) is 24.0 Å². The summed E-state index contributed by atoms with van der Waals surface area (Å²) in [4.78, 5) is 18.9. The fourth-order valence-electron chi connectivity index (χ4n) is 2.14. The van der Waals surface area contributed by atoms with Gasteiger partial charge >= 0.3 is 6.09 Å². The summed E-state index contributed by atoms with van der Waals surface area (Å²) >= 11 is 0. The second-order valence-corrected chi connectivity index (χ2v) is 5.34. The number of benzene rings is 1. The van der Waals surface area contributed by atoms with Crippen LogP contribution in [0.5, 0.6) is 5.75 Å². The Labute approximate surface area is 136 Å². The third kappa shape index (κ3) is 5.29. The van der Waals surface area contributed by atoms with E-state index in [-0.39, 0.29) is 6.09 Å². The zero-order chi connectivity index (χ0) is 16.5. The molecule has 1 aromatic carbocycles. The number of ether oxygens (including phenoxy) is 1. The molecule has 1 heterocycles. The van der Waals surface area contributed by atoms with Crippen LogP contribution in [0.3, 0.4) is 0 Å². The molecule has 1 aliphatic rings. The van der Waals surface area contributed by atoms with Crippen molar-refractivity contribution < 1.29 is 14.4 Å². The van der Waals surface area contributed by atoms with Crippen LogP contribution < -0.4 is 4.84 Å². The van der Waals surface area contributed by atoms with Gasteiger partial charge < -0.3 is 14.5 Å². The maximum Gasteiger partial charge on any atom is 0.409 e. The maximum absolute atomic E-state index is 11.8. The zero-order valence-corrected chi connectivity index (χ0v) is 13.3. The molecule has 0 unspecified atom stereocenters. The molecule has 1 saturated heterocycles. The summed E-state index contributed by atoms with van der Waals surface area (Å²) in [5.74, 6) is 0.595. The van der Waals surface area contributed by atoms with Gasteiger partial charge in [-0.25, -0.2) is 4.79 Å². The number of nitriles is 1. The molecular formula is C17H21N3O3. The van der Waals surface area contributed by atoms with E-state index in [1.165, 1.54) is 0 Å². The number of unbranched alkanes of at least 4 members (excludes halogenated alkanes) is 1. The van der Waals surface area contributed by atoms with Crippen molar-refractivity contribution >= 4 is 11.8 Å². The Hall–Kier alpha value is -2.55. The SMILES string of the molecule is CCCCOC(=O)N1CCC(=NOc2ccc(C#N)cc2)CC1. The first-order valence-corrected chi connectivity index (χ1v) is 7.87. The number of hydrogen-bond acceptors (Lipinski definition) is 5. The van der Waals surface area contributed by atoms with Crippen LogP contribution in [0, 0.1) is 11.3 Å². The van der Waals surface area contributed by atoms with Crippen molar-refractivity contribution in [2.75, 3.05) is 19.7 Å². The van der Waals surface area contributed by atoms with E-state index in [4.69, 9.17) is 14.8 Å². The normalized spacial score (nSPS) is 14.1. The average molecular weight is 315 g/mol. The number of nitrogens with zero attached hydrogens (tertiary/aromatic N) is 3.